The highest BCUT2D eigenvalue weighted by atomic mass is 16.5. The minimum absolute atomic E-state index is 0.396. The van der Waals surface area contributed by atoms with E-state index in [-0.39, 0.29) is 0 Å². The standard InChI is InChI=1S/C20H17NO3/c1-23-20(22)18-11-17(12-21-13-18)16-7-9-19(10-8-16)24-14-15-5-3-2-4-6-15/h2-13H,14H2,1H3. The van der Waals surface area contributed by atoms with Crippen LogP contribution in [-0.2, 0) is 11.3 Å². The summed E-state index contributed by atoms with van der Waals surface area (Å²) in [5.74, 6) is 0.395. The fraction of sp³-hybridized carbons (Fsp3) is 0.100. The summed E-state index contributed by atoms with van der Waals surface area (Å²) in [5.41, 5.74) is 3.36. The van der Waals surface area contributed by atoms with Crippen molar-refractivity contribution in [2.75, 3.05) is 7.11 Å². The molecule has 0 spiro atoms. The lowest BCUT2D eigenvalue weighted by molar-refractivity contribution is 0.0600. The number of nitrogens with zero attached hydrogens (tertiary/aromatic N) is 1. The zero-order chi connectivity index (χ0) is 16.8. The number of carbonyl (C=O) groups is 1. The van der Waals surface area contributed by atoms with Crippen LogP contribution in [-0.4, -0.2) is 18.1 Å². The van der Waals surface area contributed by atoms with E-state index in [0.717, 1.165) is 22.4 Å². The molecule has 0 amide bonds. The molecule has 0 atom stereocenters. The van der Waals surface area contributed by atoms with E-state index in [2.05, 4.69) is 4.98 Å². The molecule has 0 aliphatic rings. The van der Waals surface area contributed by atoms with Crippen molar-refractivity contribution in [1.29, 1.82) is 0 Å². The van der Waals surface area contributed by atoms with E-state index < -0.39 is 5.97 Å². The van der Waals surface area contributed by atoms with E-state index >= 15 is 0 Å². The molecule has 0 bridgehead atoms. The quantitative estimate of drug-likeness (QED) is 0.664. The number of carbonyl (C=O) groups excluding carboxylic acids is 1. The van der Waals surface area contributed by atoms with Crippen LogP contribution in [0.5, 0.6) is 5.75 Å². The van der Waals surface area contributed by atoms with Crippen LogP contribution in [0.15, 0.2) is 73.1 Å². The Morgan fingerprint density at radius 1 is 0.958 bits per heavy atom. The number of rotatable bonds is 5. The minimum atomic E-state index is -0.396. The Morgan fingerprint density at radius 3 is 2.42 bits per heavy atom. The summed E-state index contributed by atoms with van der Waals surface area (Å²) in [7, 11) is 1.36. The van der Waals surface area contributed by atoms with E-state index in [1.54, 1.807) is 12.3 Å². The highest BCUT2D eigenvalue weighted by Gasteiger charge is 2.08. The molecule has 0 unspecified atom stereocenters. The first-order valence-corrected chi connectivity index (χ1v) is 7.57. The lowest BCUT2D eigenvalue weighted by Crippen LogP contribution is -2.01. The van der Waals surface area contributed by atoms with Gasteiger partial charge in [-0.25, -0.2) is 4.79 Å². The second-order valence-electron chi connectivity index (χ2n) is 5.25. The van der Waals surface area contributed by atoms with Gasteiger partial charge in [0.05, 0.1) is 12.7 Å². The van der Waals surface area contributed by atoms with Gasteiger partial charge in [0.2, 0.25) is 0 Å². The molecule has 0 fully saturated rings. The van der Waals surface area contributed by atoms with Crippen LogP contribution in [0, 0.1) is 0 Å². The van der Waals surface area contributed by atoms with E-state index in [1.165, 1.54) is 13.3 Å². The van der Waals surface area contributed by atoms with E-state index in [0.29, 0.717) is 12.2 Å². The first kappa shape index (κ1) is 15.7. The van der Waals surface area contributed by atoms with Gasteiger partial charge in [0.25, 0.3) is 0 Å². The summed E-state index contributed by atoms with van der Waals surface area (Å²) < 4.78 is 10.5. The normalized spacial score (nSPS) is 10.2. The second kappa shape index (κ2) is 7.42. The number of pyridine rings is 1. The summed E-state index contributed by atoms with van der Waals surface area (Å²) in [6, 6.07) is 19.5. The van der Waals surface area contributed by atoms with Crippen molar-refractivity contribution in [1.82, 2.24) is 4.98 Å². The van der Waals surface area contributed by atoms with E-state index in [4.69, 9.17) is 9.47 Å². The molecule has 0 N–H and O–H groups in total. The molecule has 0 saturated carbocycles. The number of hydrogen-bond donors (Lipinski definition) is 0. The molecule has 0 aliphatic carbocycles. The van der Waals surface area contributed by atoms with Crippen molar-refractivity contribution < 1.29 is 14.3 Å². The molecule has 4 nitrogen and oxygen atoms in total. The first-order valence-electron chi connectivity index (χ1n) is 7.57. The number of methoxy groups -OCH3 is 1. The largest absolute Gasteiger partial charge is 0.489 e. The maximum atomic E-state index is 11.6. The number of esters is 1. The van der Waals surface area contributed by atoms with Crippen LogP contribution in [0.25, 0.3) is 11.1 Å². The maximum absolute atomic E-state index is 11.6. The summed E-state index contributed by atoms with van der Waals surface area (Å²) in [6.45, 7) is 0.527. The number of aromatic nitrogens is 1. The zero-order valence-electron chi connectivity index (χ0n) is 13.3. The molecule has 2 aromatic carbocycles. The number of ether oxygens (including phenoxy) is 2. The Kier molecular flexibility index (Phi) is 4.87. The van der Waals surface area contributed by atoms with Gasteiger partial charge in [-0.15, -0.1) is 0 Å². The maximum Gasteiger partial charge on any atom is 0.339 e. The lowest BCUT2D eigenvalue weighted by Gasteiger charge is -2.08. The molecule has 0 radical (unpaired) electrons. The van der Waals surface area contributed by atoms with Gasteiger partial charge in [-0.2, -0.15) is 0 Å². The van der Waals surface area contributed by atoms with Gasteiger partial charge in [0.15, 0.2) is 0 Å². The van der Waals surface area contributed by atoms with Crippen LogP contribution >= 0.6 is 0 Å². The van der Waals surface area contributed by atoms with Crippen molar-refractivity contribution in [3.8, 4) is 16.9 Å². The second-order valence-corrected chi connectivity index (χ2v) is 5.25. The van der Waals surface area contributed by atoms with Crippen molar-refractivity contribution in [3.05, 3.63) is 84.2 Å². The zero-order valence-corrected chi connectivity index (χ0v) is 13.3. The van der Waals surface area contributed by atoms with Gasteiger partial charge < -0.3 is 9.47 Å². The summed E-state index contributed by atoms with van der Waals surface area (Å²) in [6.07, 6.45) is 3.21. The predicted molar refractivity (Wildman–Crippen MR) is 91.8 cm³/mol. The van der Waals surface area contributed by atoms with Crippen molar-refractivity contribution >= 4 is 5.97 Å². The Bertz CT molecular complexity index is 814. The van der Waals surface area contributed by atoms with Gasteiger partial charge in [-0.1, -0.05) is 42.5 Å². The monoisotopic (exact) mass is 319 g/mol. The van der Waals surface area contributed by atoms with E-state index in [9.17, 15) is 4.79 Å². The topological polar surface area (TPSA) is 48.4 Å². The number of benzene rings is 2. The Morgan fingerprint density at radius 2 is 1.71 bits per heavy atom. The fourth-order valence-electron chi connectivity index (χ4n) is 2.31. The van der Waals surface area contributed by atoms with Crippen LogP contribution in [0.1, 0.15) is 15.9 Å². The molecule has 3 aromatic rings. The minimum Gasteiger partial charge on any atom is -0.489 e. The highest BCUT2D eigenvalue weighted by molar-refractivity contribution is 5.90. The molecule has 3 rings (SSSR count). The van der Waals surface area contributed by atoms with E-state index in [1.807, 2.05) is 54.6 Å². The lowest BCUT2D eigenvalue weighted by atomic mass is 10.1. The predicted octanol–water partition coefficient (Wildman–Crippen LogP) is 4.11. The highest BCUT2D eigenvalue weighted by Crippen LogP contribution is 2.23. The summed E-state index contributed by atoms with van der Waals surface area (Å²) in [4.78, 5) is 15.7. The Balaban J connectivity index is 1.71. The third kappa shape index (κ3) is 3.79. The van der Waals surface area contributed by atoms with Crippen LogP contribution < -0.4 is 4.74 Å². The molecule has 0 saturated heterocycles. The van der Waals surface area contributed by atoms with Crippen LogP contribution in [0.3, 0.4) is 0 Å². The first-order chi connectivity index (χ1) is 11.8. The molecular formula is C20H17NO3. The van der Waals surface area contributed by atoms with Crippen LogP contribution in [0.4, 0.5) is 0 Å². The SMILES string of the molecule is COC(=O)c1cncc(-c2ccc(OCc3ccccc3)cc2)c1. The molecule has 24 heavy (non-hydrogen) atoms. The fourth-order valence-corrected chi connectivity index (χ4v) is 2.31. The molecular weight excluding hydrogens is 302 g/mol. The molecule has 1 aromatic heterocycles. The van der Waals surface area contributed by atoms with Crippen LogP contribution in [0.2, 0.25) is 0 Å². The molecule has 1 heterocycles. The molecule has 120 valence electrons. The number of hydrogen-bond acceptors (Lipinski definition) is 4. The van der Waals surface area contributed by atoms with Gasteiger partial charge in [0.1, 0.15) is 12.4 Å². The average Bonchev–Trinajstić information content (AvgIpc) is 2.67. The van der Waals surface area contributed by atoms with Crippen molar-refractivity contribution in [2.45, 2.75) is 6.61 Å². The van der Waals surface area contributed by atoms with Gasteiger partial charge >= 0.3 is 5.97 Å². The van der Waals surface area contributed by atoms with Gasteiger partial charge in [0, 0.05) is 18.0 Å². The average molecular weight is 319 g/mol. The van der Waals surface area contributed by atoms with Crippen molar-refractivity contribution in [3.63, 3.8) is 0 Å². The third-order valence-electron chi connectivity index (χ3n) is 3.60. The van der Waals surface area contributed by atoms with Gasteiger partial charge in [-0.3, -0.25) is 4.98 Å². The smallest absolute Gasteiger partial charge is 0.339 e. The Hall–Kier alpha value is -3.14. The van der Waals surface area contributed by atoms with Crippen molar-refractivity contribution in [2.24, 2.45) is 0 Å². The molecule has 0 aliphatic heterocycles. The summed E-state index contributed by atoms with van der Waals surface area (Å²) in [5, 5.41) is 0. The third-order valence-corrected chi connectivity index (χ3v) is 3.60. The van der Waals surface area contributed by atoms with Gasteiger partial charge in [-0.05, 0) is 29.3 Å². The summed E-state index contributed by atoms with van der Waals surface area (Å²) >= 11 is 0. The Labute approximate surface area is 140 Å². The molecule has 4 heteroatoms.